The van der Waals surface area contributed by atoms with Crippen molar-refractivity contribution in [3.05, 3.63) is 36.4 Å². The van der Waals surface area contributed by atoms with E-state index in [4.69, 9.17) is 18.9 Å². The number of rotatable bonds is 12. The van der Waals surface area contributed by atoms with E-state index in [2.05, 4.69) is 107 Å². The lowest BCUT2D eigenvalue weighted by Gasteiger charge is -2.33. The molecule has 4 heteroatoms. The Labute approximate surface area is 231 Å². The van der Waals surface area contributed by atoms with Crippen LogP contribution in [0.4, 0.5) is 0 Å². The molecule has 3 aromatic rings. The van der Waals surface area contributed by atoms with Crippen LogP contribution in [-0.4, -0.2) is 22.4 Å². The summed E-state index contributed by atoms with van der Waals surface area (Å²) in [6, 6.07) is 12.4. The third-order valence-corrected chi connectivity index (χ3v) is 7.93. The van der Waals surface area contributed by atoms with Gasteiger partial charge >= 0.3 is 0 Å². The fourth-order valence-electron chi connectivity index (χ4n) is 4.00. The summed E-state index contributed by atoms with van der Waals surface area (Å²) in [5, 5.41) is 3.82. The van der Waals surface area contributed by atoms with Gasteiger partial charge in [-0.3, -0.25) is 0 Å². The third kappa shape index (κ3) is 6.50. The maximum absolute atomic E-state index is 6.95. The Kier molecular flexibility index (Phi) is 8.56. The van der Waals surface area contributed by atoms with Gasteiger partial charge in [0.05, 0.1) is 10.8 Å². The summed E-state index contributed by atoms with van der Waals surface area (Å²) in [6.45, 7) is 25.6. The minimum Gasteiger partial charge on any atom is -0.487 e. The first-order valence-electron chi connectivity index (χ1n) is 14.4. The molecule has 0 aromatic heterocycles. The number of hydrogen-bond donors (Lipinski definition) is 0. The van der Waals surface area contributed by atoms with Gasteiger partial charge in [-0.1, -0.05) is 52.0 Å². The van der Waals surface area contributed by atoms with Crippen molar-refractivity contribution < 1.29 is 18.9 Å². The zero-order valence-corrected chi connectivity index (χ0v) is 25.9. The molecule has 0 aliphatic rings. The van der Waals surface area contributed by atoms with Gasteiger partial charge in [-0.05, 0) is 93.2 Å². The molecule has 0 saturated carbocycles. The summed E-state index contributed by atoms with van der Waals surface area (Å²) >= 11 is 0. The Morgan fingerprint density at radius 2 is 0.763 bits per heavy atom. The Balaban J connectivity index is 2.58. The number of benzene rings is 3. The highest BCUT2D eigenvalue weighted by molar-refractivity contribution is 6.15. The van der Waals surface area contributed by atoms with E-state index in [0.717, 1.165) is 70.2 Å². The van der Waals surface area contributed by atoms with Crippen LogP contribution in [0, 0.1) is 0 Å². The van der Waals surface area contributed by atoms with Crippen molar-refractivity contribution in [2.75, 3.05) is 0 Å². The third-order valence-electron chi connectivity index (χ3n) is 7.93. The zero-order valence-electron chi connectivity index (χ0n) is 25.9. The monoisotopic (exact) mass is 522 g/mol. The van der Waals surface area contributed by atoms with Crippen LogP contribution in [0.15, 0.2) is 36.4 Å². The molecule has 0 amide bonds. The van der Waals surface area contributed by atoms with Crippen molar-refractivity contribution in [1.29, 1.82) is 0 Å². The molecular weight excluding hydrogens is 472 g/mol. The highest BCUT2D eigenvalue weighted by atomic mass is 16.5. The molecule has 0 aliphatic heterocycles. The normalized spacial score (nSPS) is 13.2. The van der Waals surface area contributed by atoms with Gasteiger partial charge in [0.15, 0.2) is 0 Å². The molecule has 4 nitrogen and oxygen atoms in total. The Morgan fingerprint density at radius 1 is 0.447 bits per heavy atom. The molecule has 0 fully saturated rings. The molecule has 0 radical (unpaired) electrons. The zero-order chi connectivity index (χ0) is 28.5. The van der Waals surface area contributed by atoms with Crippen molar-refractivity contribution >= 4 is 21.5 Å². The van der Waals surface area contributed by atoms with Crippen molar-refractivity contribution in [2.24, 2.45) is 0 Å². The van der Waals surface area contributed by atoms with E-state index in [1.807, 2.05) is 12.1 Å². The summed E-state index contributed by atoms with van der Waals surface area (Å²) in [5.74, 6) is 3.21. The van der Waals surface area contributed by atoms with Gasteiger partial charge in [0.1, 0.15) is 45.4 Å². The summed E-state index contributed by atoms with van der Waals surface area (Å²) < 4.78 is 27.2. The summed E-state index contributed by atoms with van der Waals surface area (Å²) in [4.78, 5) is 0. The van der Waals surface area contributed by atoms with Crippen LogP contribution in [-0.2, 0) is 0 Å². The van der Waals surface area contributed by atoms with E-state index in [-0.39, 0.29) is 16.8 Å². The van der Waals surface area contributed by atoms with E-state index in [1.165, 1.54) is 0 Å². The van der Waals surface area contributed by atoms with Crippen molar-refractivity contribution in [1.82, 2.24) is 0 Å². The minimum absolute atomic E-state index is 0.343. The molecule has 3 aromatic carbocycles. The second kappa shape index (κ2) is 10.9. The average molecular weight is 523 g/mol. The van der Waals surface area contributed by atoms with Crippen molar-refractivity contribution in [3.63, 3.8) is 0 Å². The first-order chi connectivity index (χ1) is 17.6. The highest BCUT2D eigenvalue weighted by Gasteiger charge is 2.31. The number of hydrogen-bond acceptors (Lipinski definition) is 4. The van der Waals surface area contributed by atoms with Gasteiger partial charge < -0.3 is 18.9 Å². The van der Waals surface area contributed by atoms with Gasteiger partial charge in [0.2, 0.25) is 0 Å². The van der Waals surface area contributed by atoms with Gasteiger partial charge in [0, 0.05) is 10.8 Å². The maximum Gasteiger partial charge on any atom is 0.143 e. The van der Waals surface area contributed by atoms with Crippen LogP contribution >= 0.6 is 0 Å². The predicted molar refractivity (Wildman–Crippen MR) is 161 cm³/mol. The Hall–Kier alpha value is -2.62. The first kappa shape index (κ1) is 29.9. The topological polar surface area (TPSA) is 36.9 Å². The summed E-state index contributed by atoms with van der Waals surface area (Å²) in [6.07, 6.45) is 3.47. The maximum atomic E-state index is 6.95. The predicted octanol–water partition coefficient (Wildman–Crippen LogP) is 10.3. The summed E-state index contributed by atoms with van der Waals surface area (Å²) in [7, 11) is 0. The summed E-state index contributed by atoms with van der Waals surface area (Å²) in [5.41, 5.74) is -1.44. The number of ether oxygens (including phenoxy) is 4. The largest absolute Gasteiger partial charge is 0.487 e. The van der Waals surface area contributed by atoms with Gasteiger partial charge in [-0.15, -0.1) is 0 Å². The molecule has 38 heavy (non-hydrogen) atoms. The first-order valence-corrected chi connectivity index (χ1v) is 14.4. The molecule has 210 valence electrons. The van der Waals surface area contributed by atoms with E-state index in [9.17, 15) is 0 Å². The average Bonchev–Trinajstić information content (AvgIpc) is 2.85. The van der Waals surface area contributed by atoms with Crippen LogP contribution in [0.25, 0.3) is 21.5 Å². The molecule has 3 rings (SSSR count). The van der Waals surface area contributed by atoms with Gasteiger partial charge in [-0.25, -0.2) is 0 Å². The highest BCUT2D eigenvalue weighted by Crippen LogP contribution is 2.52. The van der Waals surface area contributed by atoms with Crippen LogP contribution in [0.1, 0.15) is 109 Å². The second-order valence-electron chi connectivity index (χ2n) is 12.9. The second-order valence-corrected chi connectivity index (χ2v) is 12.9. The smallest absolute Gasteiger partial charge is 0.143 e. The van der Waals surface area contributed by atoms with Crippen molar-refractivity contribution in [3.8, 4) is 23.0 Å². The van der Waals surface area contributed by atoms with Crippen LogP contribution in [0.3, 0.4) is 0 Å². The molecule has 0 aliphatic carbocycles. The van der Waals surface area contributed by atoms with Crippen LogP contribution in [0.5, 0.6) is 23.0 Å². The number of fused-ring (bicyclic) bond motifs is 2. The lowest BCUT2D eigenvalue weighted by molar-refractivity contribution is 0.0975. The molecule has 0 atom stereocenters. The molecule has 0 unspecified atom stereocenters. The van der Waals surface area contributed by atoms with E-state index in [0.29, 0.717) is 0 Å². The van der Waals surface area contributed by atoms with Crippen LogP contribution in [0.2, 0.25) is 0 Å². The van der Waals surface area contributed by atoms with Gasteiger partial charge in [0.25, 0.3) is 0 Å². The molecule has 0 N–H and O–H groups in total. The molecule has 0 heterocycles. The van der Waals surface area contributed by atoms with E-state index >= 15 is 0 Å². The fourth-order valence-corrected chi connectivity index (χ4v) is 4.00. The van der Waals surface area contributed by atoms with Crippen molar-refractivity contribution in [2.45, 2.75) is 131 Å². The van der Waals surface area contributed by atoms with E-state index < -0.39 is 5.60 Å². The fraction of sp³-hybridized carbons (Fsp3) is 0.588. The molecule has 0 bridgehead atoms. The lowest BCUT2D eigenvalue weighted by Crippen LogP contribution is -2.29. The van der Waals surface area contributed by atoms with Gasteiger partial charge in [-0.2, -0.15) is 0 Å². The Morgan fingerprint density at radius 3 is 1.11 bits per heavy atom. The minimum atomic E-state index is -0.397. The molecule has 0 saturated heterocycles. The lowest BCUT2D eigenvalue weighted by atomic mass is 9.96. The SMILES string of the molecule is CCC(C)(C)Oc1c2cccc(OC(C)(C)CC)c2c(OC(C)(C)CC)c2c(OC(C)(C)CC)cccc12. The quantitative estimate of drug-likeness (QED) is 0.222. The molecule has 0 spiro atoms. The van der Waals surface area contributed by atoms with E-state index in [1.54, 1.807) is 0 Å². The standard InChI is InChI=1S/C34H50O4/c1-13-31(5,6)35-25-21-17-19-23-27(25)30(38-34(11,12)16-4)28-24(29(23)37-33(9,10)15-3)20-18-22-26(28)36-32(7,8)14-2/h17-22H,13-16H2,1-12H3. The molecular formula is C34H50O4. The van der Waals surface area contributed by atoms with Crippen LogP contribution < -0.4 is 18.9 Å². The Bertz CT molecular complexity index is 1190.